The Labute approximate surface area is 105 Å². The summed E-state index contributed by atoms with van der Waals surface area (Å²) in [5.41, 5.74) is -0.504. The molecule has 2 nitrogen and oxygen atoms in total. The highest BCUT2D eigenvalue weighted by atomic mass is 16.3. The van der Waals surface area contributed by atoms with Gasteiger partial charge in [-0.15, -0.1) is 0 Å². The molecule has 98 valence electrons. The third-order valence-corrected chi connectivity index (χ3v) is 5.73. The van der Waals surface area contributed by atoms with Gasteiger partial charge >= 0.3 is 0 Å². The maximum absolute atomic E-state index is 11.5. The van der Waals surface area contributed by atoms with Crippen LogP contribution in [0.25, 0.3) is 0 Å². The molecule has 0 heterocycles. The average molecular weight is 238 g/mol. The van der Waals surface area contributed by atoms with Crippen molar-refractivity contribution in [2.75, 3.05) is 0 Å². The molecular formula is C15H26O2. The molecular weight excluding hydrogens is 212 g/mol. The molecule has 2 aliphatic rings. The van der Waals surface area contributed by atoms with Gasteiger partial charge in [0.1, 0.15) is 6.29 Å². The summed E-state index contributed by atoms with van der Waals surface area (Å²) >= 11 is 0. The molecule has 4 unspecified atom stereocenters. The minimum absolute atomic E-state index is 0.00868. The molecule has 0 amide bonds. The molecule has 2 heteroatoms. The first-order chi connectivity index (χ1) is 7.74. The lowest BCUT2D eigenvalue weighted by atomic mass is 9.46. The van der Waals surface area contributed by atoms with Crippen LogP contribution in [0.15, 0.2) is 0 Å². The Bertz CT molecular complexity index is 319. The van der Waals surface area contributed by atoms with Crippen molar-refractivity contribution in [3.8, 4) is 0 Å². The third-order valence-electron chi connectivity index (χ3n) is 5.73. The Morgan fingerprint density at radius 3 is 2.35 bits per heavy atom. The predicted molar refractivity (Wildman–Crippen MR) is 68.6 cm³/mol. The first-order valence-corrected chi connectivity index (χ1v) is 6.92. The summed E-state index contributed by atoms with van der Waals surface area (Å²) in [6.45, 7) is 8.73. The molecule has 1 N–H and O–H groups in total. The zero-order valence-corrected chi connectivity index (χ0v) is 11.6. The maximum atomic E-state index is 11.5. The van der Waals surface area contributed by atoms with Crippen molar-refractivity contribution in [3.63, 3.8) is 0 Å². The fourth-order valence-corrected chi connectivity index (χ4v) is 4.86. The first kappa shape index (κ1) is 13.1. The van der Waals surface area contributed by atoms with Crippen LogP contribution in [0.5, 0.6) is 0 Å². The highest BCUT2D eigenvalue weighted by Gasteiger charge is 2.57. The van der Waals surface area contributed by atoms with Crippen molar-refractivity contribution in [3.05, 3.63) is 0 Å². The van der Waals surface area contributed by atoms with Crippen molar-refractivity contribution in [1.29, 1.82) is 0 Å². The van der Waals surface area contributed by atoms with Crippen LogP contribution in [-0.2, 0) is 4.79 Å². The molecule has 0 bridgehead atoms. The number of carbonyl (C=O) groups excluding carboxylic acids is 1. The molecule has 2 rings (SSSR count). The second-order valence-corrected chi connectivity index (χ2v) is 7.41. The van der Waals surface area contributed by atoms with Gasteiger partial charge in [0.05, 0.1) is 5.60 Å². The van der Waals surface area contributed by atoms with Gasteiger partial charge in [0.15, 0.2) is 0 Å². The number of hydrogen-bond donors (Lipinski definition) is 1. The minimum atomic E-state index is -0.805. The molecule has 17 heavy (non-hydrogen) atoms. The summed E-state index contributed by atoms with van der Waals surface area (Å²) < 4.78 is 0. The minimum Gasteiger partial charge on any atom is -0.389 e. The standard InChI is InChI=1S/C15H26O2/c1-13(2)7-5-8-14(3)11(13)6-9-15(4,17)12(14)10-16/h10-12,17H,5-9H2,1-4H3. The van der Waals surface area contributed by atoms with Crippen LogP contribution in [0.2, 0.25) is 0 Å². The van der Waals surface area contributed by atoms with E-state index in [1.54, 1.807) is 0 Å². The van der Waals surface area contributed by atoms with E-state index in [1.165, 1.54) is 12.8 Å². The number of rotatable bonds is 1. The lowest BCUT2D eigenvalue weighted by Crippen LogP contribution is -2.58. The second-order valence-electron chi connectivity index (χ2n) is 7.41. The van der Waals surface area contributed by atoms with E-state index in [9.17, 15) is 9.90 Å². The van der Waals surface area contributed by atoms with Gasteiger partial charge < -0.3 is 9.90 Å². The van der Waals surface area contributed by atoms with E-state index in [4.69, 9.17) is 0 Å². The quantitative estimate of drug-likeness (QED) is 0.712. The SMILES string of the molecule is CC1(C)CCCC2(C)C1CCC(C)(O)C2C=O. The Kier molecular flexibility index (Phi) is 2.93. The number of aliphatic hydroxyl groups is 1. The fraction of sp³-hybridized carbons (Fsp3) is 0.933. The van der Waals surface area contributed by atoms with Crippen LogP contribution in [0.3, 0.4) is 0 Å². The average Bonchev–Trinajstić information content (AvgIpc) is 2.14. The van der Waals surface area contributed by atoms with Gasteiger partial charge in [-0.25, -0.2) is 0 Å². The van der Waals surface area contributed by atoms with Gasteiger partial charge in [-0.05, 0) is 49.4 Å². The Morgan fingerprint density at radius 2 is 1.76 bits per heavy atom. The number of aldehydes is 1. The highest BCUT2D eigenvalue weighted by Crippen LogP contribution is 2.61. The van der Waals surface area contributed by atoms with Crippen LogP contribution in [0.1, 0.15) is 59.8 Å². The largest absolute Gasteiger partial charge is 0.389 e. The highest BCUT2D eigenvalue weighted by molar-refractivity contribution is 5.58. The van der Waals surface area contributed by atoms with Gasteiger partial charge in [0.25, 0.3) is 0 Å². The zero-order chi connectivity index (χ0) is 12.9. The van der Waals surface area contributed by atoms with Gasteiger partial charge in [-0.3, -0.25) is 0 Å². The molecule has 0 aromatic heterocycles. The van der Waals surface area contributed by atoms with Crippen molar-refractivity contribution in [1.82, 2.24) is 0 Å². The van der Waals surface area contributed by atoms with Crippen LogP contribution in [0.4, 0.5) is 0 Å². The van der Waals surface area contributed by atoms with Crippen LogP contribution in [-0.4, -0.2) is 17.0 Å². The Morgan fingerprint density at radius 1 is 1.12 bits per heavy atom. The molecule has 0 spiro atoms. The number of carbonyl (C=O) groups is 1. The lowest BCUT2D eigenvalue weighted by molar-refractivity contribution is -0.169. The van der Waals surface area contributed by atoms with Crippen LogP contribution >= 0.6 is 0 Å². The van der Waals surface area contributed by atoms with Crippen molar-refractivity contribution in [2.45, 2.75) is 65.4 Å². The molecule has 0 aromatic rings. The van der Waals surface area contributed by atoms with E-state index in [0.29, 0.717) is 11.3 Å². The predicted octanol–water partition coefficient (Wildman–Crippen LogP) is 3.18. The Hall–Kier alpha value is -0.370. The van der Waals surface area contributed by atoms with Gasteiger partial charge in [-0.1, -0.05) is 27.2 Å². The summed E-state index contributed by atoms with van der Waals surface area (Å²) in [6.07, 6.45) is 6.36. The van der Waals surface area contributed by atoms with Gasteiger partial charge in [0, 0.05) is 5.92 Å². The van der Waals surface area contributed by atoms with E-state index in [1.807, 2.05) is 6.92 Å². The van der Waals surface area contributed by atoms with Crippen molar-refractivity contribution in [2.24, 2.45) is 22.7 Å². The van der Waals surface area contributed by atoms with E-state index in [0.717, 1.165) is 25.5 Å². The summed E-state index contributed by atoms with van der Waals surface area (Å²) in [5.74, 6) is 0.368. The van der Waals surface area contributed by atoms with Crippen molar-refractivity contribution >= 4 is 6.29 Å². The molecule has 0 radical (unpaired) electrons. The molecule has 2 aliphatic carbocycles. The molecule has 2 saturated carbocycles. The van der Waals surface area contributed by atoms with Crippen LogP contribution < -0.4 is 0 Å². The zero-order valence-electron chi connectivity index (χ0n) is 11.6. The molecule has 0 aliphatic heterocycles. The monoisotopic (exact) mass is 238 g/mol. The first-order valence-electron chi connectivity index (χ1n) is 6.92. The molecule has 4 atom stereocenters. The summed E-state index contributed by atoms with van der Waals surface area (Å²) in [6, 6.07) is 0. The molecule has 0 aromatic carbocycles. The lowest BCUT2D eigenvalue weighted by Gasteiger charge is -2.59. The second kappa shape index (κ2) is 3.81. The van der Waals surface area contributed by atoms with E-state index in [-0.39, 0.29) is 11.3 Å². The normalized spacial score (nSPS) is 49.5. The van der Waals surface area contributed by atoms with E-state index < -0.39 is 5.60 Å². The van der Waals surface area contributed by atoms with Crippen molar-refractivity contribution < 1.29 is 9.90 Å². The van der Waals surface area contributed by atoms with E-state index in [2.05, 4.69) is 20.8 Å². The Balaban J connectivity index is 2.40. The topological polar surface area (TPSA) is 37.3 Å². The summed E-state index contributed by atoms with van der Waals surface area (Å²) in [4.78, 5) is 11.5. The van der Waals surface area contributed by atoms with E-state index >= 15 is 0 Å². The maximum Gasteiger partial charge on any atom is 0.126 e. The fourth-order valence-electron chi connectivity index (χ4n) is 4.86. The number of hydrogen-bond acceptors (Lipinski definition) is 2. The smallest absolute Gasteiger partial charge is 0.126 e. The number of fused-ring (bicyclic) bond motifs is 1. The van der Waals surface area contributed by atoms with Crippen LogP contribution in [0, 0.1) is 22.7 Å². The molecule has 0 saturated heterocycles. The van der Waals surface area contributed by atoms with Gasteiger partial charge in [0.2, 0.25) is 0 Å². The summed E-state index contributed by atoms with van der Waals surface area (Å²) in [7, 11) is 0. The third kappa shape index (κ3) is 1.85. The van der Waals surface area contributed by atoms with Gasteiger partial charge in [-0.2, -0.15) is 0 Å². The molecule has 2 fully saturated rings. The summed E-state index contributed by atoms with van der Waals surface area (Å²) in [5, 5.41) is 10.5.